The Hall–Kier alpha value is -1.71. The van der Waals surface area contributed by atoms with Crippen LogP contribution in [0.15, 0.2) is 18.2 Å². The van der Waals surface area contributed by atoms with Gasteiger partial charge in [-0.3, -0.25) is 4.79 Å². The van der Waals surface area contributed by atoms with Crippen LogP contribution in [0.5, 0.6) is 11.5 Å². The minimum absolute atomic E-state index is 0.137. The molecule has 0 aliphatic rings. The van der Waals surface area contributed by atoms with E-state index in [1.165, 1.54) is 20.3 Å². The van der Waals surface area contributed by atoms with E-state index in [4.69, 9.17) is 4.74 Å². The fourth-order valence-electron chi connectivity index (χ4n) is 1.22. The van der Waals surface area contributed by atoms with Gasteiger partial charge in [0.2, 0.25) is 0 Å². The first kappa shape index (κ1) is 11.4. The molecule has 0 fully saturated rings. The van der Waals surface area contributed by atoms with Crippen LogP contribution in [-0.4, -0.2) is 25.3 Å². The smallest absolute Gasteiger partial charge is 0.305 e. The largest absolute Gasteiger partial charge is 0.508 e. The first-order valence-corrected chi connectivity index (χ1v) is 4.60. The van der Waals surface area contributed by atoms with Crippen molar-refractivity contribution in [3.63, 3.8) is 0 Å². The summed E-state index contributed by atoms with van der Waals surface area (Å²) >= 11 is 0. The Morgan fingerprint density at radius 1 is 1.40 bits per heavy atom. The summed E-state index contributed by atoms with van der Waals surface area (Å²) in [5, 5.41) is 9.58. The maximum absolute atomic E-state index is 10.9. The fourth-order valence-corrected chi connectivity index (χ4v) is 1.22. The second-order valence-corrected chi connectivity index (χ2v) is 3.07. The number of phenolic OH excluding ortho intramolecular Hbond substituents is 1. The number of benzene rings is 1. The summed E-state index contributed by atoms with van der Waals surface area (Å²) in [6.45, 7) is 0. The Kier molecular flexibility index (Phi) is 3.97. The maximum atomic E-state index is 10.9. The Labute approximate surface area is 88.4 Å². The number of ether oxygens (including phenoxy) is 2. The van der Waals surface area contributed by atoms with Crippen LogP contribution < -0.4 is 4.74 Å². The highest BCUT2D eigenvalue weighted by atomic mass is 16.5. The fraction of sp³-hybridized carbons (Fsp3) is 0.364. The average molecular weight is 210 g/mol. The van der Waals surface area contributed by atoms with Gasteiger partial charge in [0.05, 0.1) is 14.2 Å². The summed E-state index contributed by atoms with van der Waals surface area (Å²) < 4.78 is 9.46. The van der Waals surface area contributed by atoms with Crippen LogP contribution >= 0.6 is 0 Å². The molecule has 4 heteroatoms. The summed E-state index contributed by atoms with van der Waals surface area (Å²) in [6.07, 6.45) is 0.721. The van der Waals surface area contributed by atoms with Crippen LogP contribution in [0.3, 0.4) is 0 Å². The van der Waals surface area contributed by atoms with E-state index in [2.05, 4.69) is 4.74 Å². The number of carbonyl (C=O) groups is 1. The molecule has 0 heterocycles. The zero-order valence-corrected chi connectivity index (χ0v) is 8.82. The average Bonchev–Trinajstić information content (AvgIpc) is 2.26. The monoisotopic (exact) mass is 210 g/mol. The van der Waals surface area contributed by atoms with Gasteiger partial charge in [-0.2, -0.15) is 0 Å². The third-order valence-electron chi connectivity index (χ3n) is 2.12. The molecule has 0 unspecified atom stereocenters. The zero-order chi connectivity index (χ0) is 11.3. The SMILES string of the molecule is COC(=O)CCc1ccc(OC)cc1O. The van der Waals surface area contributed by atoms with Crippen LogP contribution in [0.1, 0.15) is 12.0 Å². The first-order valence-electron chi connectivity index (χ1n) is 4.60. The minimum Gasteiger partial charge on any atom is -0.508 e. The lowest BCUT2D eigenvalue weighted by Gasteiger charge is -2.05. The summed E-state index contributed by atoms with van der Waals surface area (Å²) in [5.41, 5.74) is 0.709. The number of aromatic hydroxyl groups is 1. The molecule has 0 radical (unpaired) electrons. The molecule has 0 aliphatic carbocycles. The molecular weight excluding hydrogens is 196 g/mol. The van der Waals surface area contributed by atoms with Gasteiger partial charge in [-0.25, -0.2) is 0 Å². The highest BCUT2D eigenvalue weighted by Gasteiger charge is 2.06. The van der Waals surface area contributed by atoms with E-state index in [1.807, 2.05) is 0 Å². The van der Waals surface area contributed by atoms with Crippen LogP contribution in [0.4, 0.5) is 0 Å². The molecule has 0 aromatic heterocycles. The van der Waals surface area contributed by atoms with E-state index >= 15 is 0 Å². The molecule has 0 aliphatic heterocycles. The summed E-state index contributed by atoms with van der Waals surface area (Å²) in [5.74, 6) is 0.442. The number of hydrogen-bond donors (Lipinski definition) is 1. The number of hydrogen-bond acceptors (Lipinski definition) is 4. The standard InChI is InChI=1S/C11H14O4/c1-14-9-5-3-8(10(12)7-9)4-6-11(13)15-2/h3,5,7,12H,4,6H2,1-2H3. The van der Waals surface area contributed by atoms with Crippen molar-refractivity contribution in [3.05, 3.63) is 23.8 Å². The highest BCUT2D eigenvalue weighted by Crippen LogP contribution is 2.24. The van der Waals surface area contributed by atoms with Gasteiger partial charge in [-0.1, -0.05) is 6.07 Å². The van der Waals surface area contributed by atoms with E-state index in [1.54, 1.807) is 12.1 Å². The third-order valence-corrected chi connectivity index (χ3v) is 2.12. The molecule has 1 aromatic rings. The lowest BCUT2D eigenvalue weighted by Crippen LogP contribution is -2.02. The number of carbonyl (C=O) groups excluding carboxylic acids is 1. The van der Waals surface area contributed by atoms with E-state index in [9.17, 15) is 9.90 Å². The zero-order valence-electron chi connectivity index (χ0n) is 8.82. The van der Waals surface area contributed by atoms with Crippen molar-refractivity contribution in [2.45, 2.75) is 12.8 Å². The van der Waals surface area contributed by atoms with E-state index < -0.39 is 0 Å². The molecule has 0 atom stereocenters. The molecule has 0 amide bonds. The van der Waals surface area contributed by atoms with Crippen LogP contribution in [0.25, 0.3) is 0 Å². The Balaban J connectivity index is 2.66. The van der Waals surface area contributed by atoms with Crippen molar-refractivity contribution in [3.8, 4) is 11.5 Å². The Morgan fingerprint density at radius 2 is 2.13 bits per heavy atom. The van der Waals surface area contributed by atoms with Crippen molar-refractivity contribution < 1.29 is 19.4 Å². The number of methoxy groups -OCH3 is 2. The van der Waals surface area contributed by atoms with Crippen molar-refractivity contribution in [2.24, 2.45) is 0 Å². The highest BCUT2D eigenvalue weighted by molar-refractivity contribution is 5.69. The Morgan fingerprint density at radius 3 is 2.67 bits per heavy atom. The summed E-state index contributed by atoms with van der Waals surface area (Å²) in [7, 11) is 2.87. The predicted octanol–water partition coefficient (Wildman–Crippen LogP) is 1.51. The normalized spacial score (nSPS) is 9.73. The Bertz CT molecular complexity index is 346. The van der Waals surface area contributed by atoms with Gasteiger partial charge in [-0.15, -0.1) is 0 Å². The van der Waals surface area contributed by atoms with Gasteiger partial charge in [0.25, 0.3) is 0 Å². The molecule has 82 valence electrons. The predicted molar refractivity (Wildman–Crippen MR) is 55.0 cm³/mol. The molecule has 4 nitrogen and oxygen atoms in total. The number of aryl methyl sites for hydroxylation is 1. The molecule has 1 aromatic carbocycles. The molecule has 0 bridgehead atoms. The molecule has 0 saturated heterocycles. The van der Waals surface area contributed by atoms with Gasteiger partial charge >= 0.3 is 5.97 Å². The van der Waals surface area contributed by atoms with E-state index in [0.29, 0.717) is 17.7 Å². The summed E-state index contributed by atoms with van der Waals surface area (Å²) in [6, 6.07) is 5.00. The topological polar surface area (TPSA) is 55.8 Å². The van der Waals surface area contributed by atoms with Crippen LogP contribution in [0.2, 0.25) is 0 Å². The van der Waals surface area contributed by atoms with Gasteiger partial charge in [0, 0.05) is 12.5 Å². The van der Waals surface area contributed by atoms with Crippen molar-refractivity contribution in [2.75, 3.05) is 14.2 Å². The molecule has 1 N–H and O–H groups in total. The molecule has 0 spiro atoms. The van der Waals surface area contributed by atoms with Gasteiger partial charge in [-0.05, 0) is 18.1 Å². The van der Waals surface area contributed by atoms with Gasteiger partial charge in [0.1, 0.15) is 11.5 Å². The lowest BCUT2D eigenvalue weighted by atomic mass is 10.1. The second kappa shape index (κ2) is 5.24. The minimum atomic E-state index is -0.287. The van der Waals surface area contributed by atoms with Crippen molar-refractivity contribution in [1.29, 1.82) is 0 Å². The van der Waals surface area contributed by atoms with Crippen LogP contribution in [0, 0.1) is 0 Å². The molecule has 0 saturated carbocycles. The van der Waals surface area contributed by atoms with Gasteiger partial charge in [0.15, 0.2) is 0 Å². The van der Waals surface area contributed by atoms with Crippen molar-refractivity contribution in [1.82, 2.24) is 0 Å². The van der Waals surface area contributed by atoms with E-state index in [0.717, 1.165) is 0 Å². The molecular formula is C11H14O4. The van der Waals surface area contributed by atoms with Crippen LogP contribution in [-0.2, 0) is 16.0 Å². The van der Waals surface area contributed by atoms with E-state index in [-0.39, 0.29) is 18.1 Å². The third kappa shape index (κ3) is 3.16. The van der Waals surface area contributed by atoms with Crippen molar-refractivity contribution >= 4 is 5.97 Å². The maximum Gasteiger partial charge on any atom is 0.305 e. The summed E-state index contributed by atoms with van der Waals surface area (Å²) in [4.78, 5) is 10.9. The molecule has 15 heavy (non-hydrogen) atoms. The number of rotatable bonds is 4. The first-order chi connectivity index (χ1) is 7.17. The quantitative estimate of drug-likeness (QED) is 0.765. The van der Waals surface area contributed by atoms with Gasteiger partial charge < -0.3 is 14.6 Å². The molecule has 1 rings (SSSR count). The lowest BCUT2D eigenvalue weighted by molar-refractivity contribution is -0.140. The number of esters is 1. The number of phenols is 1. The second-order valence-electron chi connectivity index (χ2n) is 3.07.